The average molecular weight is 399 g/mol. The van der Waals surface area contributed by atoms with Crippen molar-refractivity contribution in [2.75, 3.05) is 26.9 Å². The average Bonchev–Trinajstić information content (AvgIpc) is 2.74. The van der Waals surface area contributed by atoms with Gasteiger partial charge in [0.15, 0.2) is 0 Å². The fraction of sp³-hybridized carbons (Fsp3) is 0.391. The van der Waals surface area contributed by atoms with Crippen LogP contribution < -0.4 is 4.74 Å². The van der Waals surface area contributed by atoms with E-state index in [4.69, 9.17) is 14.2 Å². The van der Waals surface area contributed by atoms with E-state index in [0.717, 1.165) is 16.9 Å². The van der Waals surface area contributed by atoms with Crippen molar-refractivity contribution in [2.45, 2.75) is 32.7 Å². The summed E-state index contributed by atoms with van der Waals surface area (Å²) in [5, 5.41) is 0. The molecule has 0 saturated carbocycles. The molecule has 0 aliphatic heterocycles. The maximum Gasteiger partial charge on any atom is 0.410 e. The van der Waals surface area contributed by atoms with E-state index in [2.05, 4.69) is 0 Å². The minimum atomic E-state index is -0.472. The third-order valence-electron chi connectivity index (χ3n) is 4.50. The molecule has 6 nitrogen and oxygen atoms in total. The van der Waals surface area contributed by atoms with Crippen LogP contribution in [0.4, 0.5) is 4.79 Å². The standard InChI is InChI=1S/C23H29NO5/c1-4-28-22(25)17-21(19-11-7-6-8-12-19)24(23(26)29-5-2)15-14-18-10-9-13-20(16-18)27-3/h6-13,16,21H,4-5,14-15,17H2,1-3H3. The van der Waals surface area contributed by atoms with Gasteiger partial charge in [0, 0.05) is 6.54 Å². The van der Waals surface area contributed by atoms with Gasteiger partial charge in [-0.3, -0.25) is 4.79 Å². The Morgan fingerprint density at radius 2 is 1.69 bits per heavy atom. The van der Waals surface area contributed by atoms with Crippen LogP contribution in [-0.2, 0) is 20.7 Å². The van der Waals surface area contributed by atoms with Crippen molar-refractivity contribution < 1.29 is 23.8 Å². The molecule has 1 atom stereocenters. The number of ether oxygens (including phenoxy) is 3. The summed E-state index contributed by atoms with van der Waals surface area (Å²) in [6, 6.07) is 16.7. The number of benzene rings is 2. The van der Waals surface area contributed by atoms with Gasteiger partial charge >= 0.3 is 12.1 Å². The number of methoxy groups -OCH3 is 1. The van der Waals surface area contributed by atoms with Gasteiger partial charge in [0.05, 0.1) is 32.8 Å². The van der Waals surface area contributed by atoms with Crippen LogP contribution in [0.3, 0.4) is 0 Å². The first kappa shape index (κ1) is 22.3. The molecule has 1 unspecified atom stereocenters. The maximum atomic E-state index is 12.8. The van der Waals surface area contributed by atoms with Crippen LogP contribution in [0.25, 0.3) is 0 Å². The molecule has 2 aromatic carbocycles. The smallest absolute Gasteiger partial charge is 0.410 e. The number of hydrogen-bond acceptors (Lipinski definition) is 5. The van der Waals surface area contributed by atoms with Gasteiger partial charge in [-0.2, -0.15) is 0 Å². The molecule has 6 heteroatoms. The van der Waals surface area contributed by atoms with Gasteiger partial charge in [0.25, 0.3) is 0 Å². The Hall–Kier alpha value is -3.02. The van der Waals surface area contributed by atoms with E-state index in [1.165, 1.54) is 0 Å². The fourth-order valence-corrected chi connectivity index (χ4v) is 3.12. The van der Waals surface area contributed by atoms with Crippen molar-refractivity contribution in [1.82, 2.24) is 4.90 Å². The van der Waals surface area contributed by atoms with Crippen LogP contribution >= 0.6 is 0 Å². The summed E-state index contributed by atoms with van der Waals surface area (Å²) >= 11 is 0. The topological polar surface area (TPSA) is 65.1 Å². The number of carbonyl (C=O) groups excluding carboxylic acids is 2. The number of hydrogen-bond donors (Lipinski definition) is 0. The van der Waals surface area contributed by atoms with Crippen molar-refractivity contribution in [3.63, 3.8) is 0 Å². The molecule has 0 aromatic heterocycles. The third-order valence-corrected chi connectivity index (χ3v) is 4.50. The van der Waals surface area contributed by atoms with E-state index in [0.29, 0.717) is 19.6 Å². The highest BCUT2D eigenvalue weighted by Crippen LogP contribution is 2.26. The zero-order chi connectivity index (χ0) is 21.1. The lowest BCUT2D eigenvalue weighted by Crippen LogP contribution is -2.38. The van der Waals surface area contributed by atoms with Crippen molar-refractivity contribution >= 4 is 12.1 Å². The summed E-state index contributed by atoms with van der Waals surface area (Å²) in [6.07, 6.45) is 0.213. The summed E-state index contributed by atoms with van der Waals surface area (Å²) in [6.45, 7) is 4.48. The Kier molecular flexibility index (Phi) is 9.02. The number of rotatable bonds is 10. The van der Waals surface area contributed by atoms with Crippen LogP contribution in [0.5, 0.6) is 5.75 Å². The lowest BCUT2D eigenvalue weighted by atomic mass is 10.0. The molecule has 0 heterocycles. The van der Waals surface area contributed by atoms with E-state index < -0.39 is 12.1 Å². The molecule has 2 rings (SSSR count). The maximum absolute atomic E-state index is 12.8. The highest BCUT2D eigenvalue weighted by molar-refractivity contribution is 5.73. The van der Waals surface area contributed by atoms with Crippen LogP contribution in [-0.4, -0.2) is 43.8 Å². The molecule has 156 valence electrons. The summed E-state index contributed by atoms with van der Waals surface area (Å²) in [4.78, 5) is 26.6. The Balaban J connectivity index is 2.28. The summed E-state index contributed by atoms with van der Waals surface area (Å²) < 4.78 is 15.7. The largest absolute Gasteiger partial charge is 0.497 e. The van der Waals surface area contributed by atoms with Crippen LogP contribution in [0.1, 0.15) is 37.4 Å². The molecule has 0 N–H and O–H groups in total. The summed E-state index contributed by atoms with van der Waals surface area (Å²) in [5.41, 5.74) is 1.89. The first-order chi connectivity index (χ1) is 14.1. The number of carbonyl (C=O) groups is 2. The van der Waals surface area contributed by atoms with Gasteiger partial charge in [-0.05, 0) is 43.5 Å². The highest BCUT2D eigenvalue weighted by Gasteiger charge is 2.28. The lowest BCUT2D eigenvalue weighted by Gasteiger charge is -2.31. The molecule has 0 spiro atoms. The first-order valence-corrected chi connectivity index (χ1v) is 9.85. The molecular weight excluding hydrogens is 370 g/mol. The van der Waals surface area contributed by atoms with Gasteiger partial charge in [-0.15, -0.1) is 0 Å². The molecule has 0 bridgehead atoms. The molecule has 29 heavy (non-hydrogen) atoms. The Morgan fingerprint density at radius 3 is 2.34 bits per heavy atom. The van der Waals surface area contributed by atoms with E-state index >= 15 is 0 Å². The minimum absolute atomic E-state index is 0.0643. The minimum Gasteiger partial charge on any atom is -0.497 e. The van der Waals surface area contributed by atoms with Crippen LogP contribution in [0.15, 0.2) is 54.6 Å². The zero-order valence-electron chi connectivity index (χ0n) is 17.3. The van der Waals surface area contributed by atoms with E-state index in [-0.39, 0.29) is 19.0 Å². The van der Waals surface area contributed by atoms with Gasteiger partial charge < -0.3 is 19.1 Å². The second-order valence-corrected chi connectivity index (χ2v) is 6.43. The quantitative estimate of drug-likeness (QED) is 0.555. The van der Waals surface area contributed by atoms with E-state index in [9.17, 15) is 9.59 Å². The number of nitrogens with zero attached hydrogens (tertiary/aromatic N) is 1. The molecule has 1 amide bonds. The molecule has 0 fully saturated rings. The molecular formula is C23H29NO5. The predicted octanol–water partition coefficient (Wildman–Crippen LogP) is 4.39. The normalized spacial score (nSPS) is 11.4. The summed E-state index contributed by atoms with van der Waals surface area (Å²) in [5.74, 6) is 0.411. The van der Waals surface area contributed by atoms with Crippen LogP contribution in [0, 0.1) is 0 Å². The molecule has 2 aromatic rings. The number of esters is 1. The second kappa shape index (κ2) is 11.7. The lowest BCUT2D eigenvalue weighted by molar-refractivity contribution is -0.144. The van der Waals surface area contributed by atoms with Crippen LogP contribution in [0.2, 0.25) is 0 Å². The van der Waals surface area contributed by atoms with Gasteiger partial charge in [-0.25, -0.2) is 4.79 Å². The van der Waals surface area contributed by atoms with Gasteiger partial charge in [0.2, 0.25) is 0 Å². The first-order valence-electron chi connectivity index (χ1n) is 9.85. The summed E-state index contributed by atoms with van der Waals surface area (Å²) in [7, 11) is 1.62. The second-order valence-electron chi connectivity index (χ2n) is 6.43. The highest BCUT2D eigenvalue weighted by atomic mass is 16.6. The van der Waals surface area contributed by atoms with E-state index in [1.54, 1.807) is 25.9 Å². The third kappa shape index (κ3) is 6.82. The van der Waals surface area contributed by atoms with Gasteiger partial charge in [-0.1, -0.05) is 42.5 Å². The fourth-order valence-electron chi connectivity index (χ4n) is 3.12. The van der Waals surface area contributed by atoms with Crippen molar-refractivity contribution in [1.29, 1.82) is 0 Å². The Morgan fingerprint density at radius 1 is 0.966 bits per heavy atom. The predicted molar refractivity (Wildman–Crippen MR) is 111 cm³/mol. The molecule has 0 radical (unpaired) electrons. The Bertz CT molecular complexity index is 778. The number of amides is 1. The van der Waals surface area contributed by atoms with Crippen molar-refractivity contribution in [3.05, 3.63) is 65.7 Å². The van der Waals surface area contributed by atoms with E-state index in [1.807, 2.05) is 54.6 Å². The SMILES string of the molecule is CCOC(=O)CC(c1ccccc1)N(CCc1cccc(OC)c1)C(=O)OCC. The zero-order valence-corrected chi connectivity index (χ0v) is 17.3. The molecule has 0 saturated heterocycles. The van der Waals surface area contributed by atoms with Crippen molar-refractivity contribution in [3.8, 4) is 5.75 Å². The van der Waals surface area contributed by atoms with Crippen molar-refractivity contribution in [2.24, 2.45) is 0 Å². The Labute approximate surface area is 172 Å². The molecule has 0 aliphatic carbocycles. The van der Waals surface area contributed by atoms with Gasteiger partial charge in [0.1, 0.15) is 5.75 Å². The monoisotopic (exact) mass is 399 g/mol. The molecule has 0 aliphatic rings.